The SMILES string of the molecule is CCOc1ccc(CC(=O)NS(=O)(=O)N2CCCC2)cc1. The summed E-state index contributed by atoms with van der Waals surface area (Å²) in [5.41, 5.74) is 0.743. The van der Waals surface area contributed by atoms with E-state index in [1.807, 2.05) is 6.92 Å². The molecule has 0 aliphatic carbocycles. The summed E-state index contributed by atoms with van der Waals surface area (Å²) in [5, 5.41) is 0. The summed E-state index contributed by atoms with van der Waals surface area (Å²) in [5.74, 6) is 0.206. The van der Waals surface area contributed by atoms with Crippen LogP contribution in [0.1, 0.15) is 25.3 Å². The molecule has 2 rings (SSSR count). The second-order valence-corrected chi connectivity index (χ2v) is 6.56. The molecule has 0 spiro atoms. The number of hydrogen-bond donors (Lipinski definition) is 1. The maximum absolute atomic E-state index is 11.9. The van der Waals surface area contributed by atoms with E-state index in [9.17, 15) is 13.2 Å². The molecule has 1 aliphatic heterocycles. The van der Waals surface area contributed by atoms with Gasteiger partial charge in [-0.2, -0.15) is 12.7 Å². The first-order valence-corrected chi connectivity index (χ1v) is 8.48. The average Bonchev–Trinajstić information content (AvgIpc) is 2.95. The van der Waals surface area contributed by atoms with Crippen molar-refractivity contribution in [3.8, 4) is 5.75 Å². The third-order valence-corrected chi connectivity index (χ3v) is 4.78. The number of nitrogens with one attached hydrogen (secondary N) is 1. The molecule has 0 aromatic heterocycles. The highest BCUT2D eigenvalue weighted by atomic mass is 32.2. The fourth-order valence-electron chi connectivity index (χ4n) is 2.23. The normalized spacial score (nSPS) is 15.9. The van der Waals surface area contributed by atoms with Gasteiger partial charge in [-0.25, -0.2) is 4.72 Å². The van der Waals surface area contributed by atoms with Crippen LogP contribution in [-0.2, 0) is 21.4 Å². The van der Waals surface area contributed by atoms with E-state index in [1.54, 1.807) is 24.3 Å². The number of hydrogen-bond acceptors (Lipinski definition) is 4. The van der Waals surface area contributed by atoms with E-state index >= 15 is 0 Å². The van der Waals surface area contributed by atoms with Crippen molar-refractivity contribution in [1.29, 1.82) is 0 Å². The fourth-order valence-corrected chi connectivity index (χ4v) is 3.46. The van der Waals surface area contributed by atoms with Crippen molar-refractivity contribution in [3.63, 3.8) is 0 Å². The van der Waals surface area contributed by atoms with E-state index in [-0.39, 0.29) is 6.42 Å². The van der Waals surface area contributed by atoms with Gasteiger partial charge in [-0.05, 0) is 37.5 Å². The second kappa shape index (κ2) is 6.91. The van der Waals surface area contributed by atoms with Crippen LogP contribution in [0.4, 0.5) is 0 Å². The van der Waals surface area contributed by atoms with Gasteiger partial charge in [0.1, 0.15) is 5.75 Å². The molecule has 1 fully saturated rings. The van der Waals surface area contributed by atoms with Crippen LogP contribution in [0.15, 0.2) is 24.3 Å². The number of carbonyl (C=O) groups is 1. The molecule has 7 heteroatoms. The Bertz CT molecular complexity index is 577. The molecule has 1 aromatic carbocycles. The topological polar surface area (TPSA) is 75.7 Å². The Kier molecular flexibility index (Phi) is 5.19. The zero-order valence-electron chi connectivity index (χ0n) is 12.0. The molecule has 0 atom stereocenters. The summed E-state index contributed by atoms with van der Waals surface area (Å²) in [6.07, 6.45) is 1.71. The summed E-state index contributed by atoms with van der Waals surface area (Å²) in [6, 6.07) is 7.04. The minimum Gasteiger partial charge on any atom is -0.494 e. The number of benzene rings is 1. The Morgan fingerprint density at radius 3 is 2.43 bits per heavy atom. The van der Waals surface area contributed by atoms with Crippen molar-refractivity contribution in [1.82, 2.24) is 9.03 Å². The molecule has 0 radical (unpaired) electrons. The Balaban J connectivity index is 1.91. The van der Waals surface area contributed by atoms with Crippen molar-refractivity contribution in [3.05, 3.63) is 29.8 Å². The summed E-state index contributed by atoms with van der Waals surface area (Å²) < 4.78 is 32.6. The number of rotatable bonds is 6. The van der Waals surface area contributed by atoms with Crippen LogP contribution in [0.25, 0.3) is 0 Å². The molecule has 1 aromatic rings. The molecule has 1 N–H and O–H groups in total. The lowest BCUT2D eigenvalue weighted by atomic mass is 10.1. The first-order valence-electron chi connectivity index (χ1n) is 7.03. The summed E-state index contributed by atoms with van der Waals surface area (Å²) in [6.45, 7) is 3.43. The molecule has 1 aliphatic rings. The smallest absolute Gasteiger partial charge is 0.303 e. The van der Waals surface area contributed by atoms with Crippen molar-refractivity contribution in [2.24, 2.45) is 0 Å². The van der Waals surface area contributed by atoms with Crippen LogP contribution in [0.5, 0.6) is 5.75 Å². The molecule has 0 unspecified atom stereocenters. The number of nitrogens with zero attached hydrogens (tertiary/aromatic N) is 1. The van der Waals surface area contributed by atoms with E-state index in [0.717, 1.165) is 24.2 Å². The predicted octanol–water partition coefficient (Wildman–Crippen LogP) is 1.08. The van der Waals surface area contributed by atoms with Crippen LogP contribution in [0.2, 0.25) is 0 Å². The fraction of sp³-hybridized carbons (Fsp3) is 0.500. The molecule has 1 heterocycles. The third kappa shape index (κ3) is 4.44. The van der Waals surface area contributed by atoms with Gasteiger partial charge in [0.2, 0.25) is 5.91 Å². The van der Waals surface area contributed by atoms with Crippen molar-refractivity contribution >= 4 is 16.1 Å². The number of carbonyl (C=O) groups excluding carboxylic acids is 1. The highest BCUT2D eigenvalue weighted by molar-refractivity contribution is 7.87. The van der Waals surface area contributed by atoms with E-state index in [4.69, 9.17) is 4.74 Å². The summed E-state index contributed by atoms with van der Waals surface area (Å²) >= 11 is 0. The predicted molar refractivity (Wildman–Crippen MR) is 79.2 cm³/mol. The first-order chi connectivity index (χ1) is 10.0. The summed E-state index contributed by atoms with van der Waals surface area (Å²) in [4.78, 5) is 11.8. The largest absolute Gasteiger partial charge is 0.494 e. The van der Waals surface area contributed by atoms with E-state index in [1.165, 1.54) is 4.31 Å². The van der Waals surface area contributed by atoms with Gasteiger partial charge in [0.15, 0.2) is 0 Å². The van der Waals surface area contributed by atoms with Crippen molar-refractivity contribution in [2.45, 2.75) is 26.2 Å². The van der Waals surface area contributed by atoms with Gasteiger partial charge in [0.05, 0.1) is 13.0 Å². The van der Waals surface area contributed by atoms with Gasteiger partial charge < -0.3 is 4.74 Å². The number of ether oxygens (including phenoxy) is 1. The molecule has 6 nitrogen and oxygen atoms in total. The molecule has 0 bridgehead atoms. The van der Waals surface area contributed by atoms with Gasteiger partial charge in [0, 0.05) is 13.1 Å². The first kappa shape index (κ1) is 15.8. The Hall–Kier alpha value is -1.60. The van der Waals surface area contributed by atoms with Crippen LogP contribution in [0, 0.1) is 0 Å². The zero-order chi connectivity index (χ0) is 15.3. The molecule has 1 amide bonds. The van der Waals surface area contributed by atoms with Crippen LogP contribution < -0.4 is 9.46 Å². The standard InChI is InChI=1S/C14H20N2O4S/c1-2-20-13-7-5-12(6-8-13)11-14(17)15-21(18,19)16-9-3-4-10-16/h5-8H,2-4,9-11H2,1H3,(H,15,17). The molecular formula is C14H20N2O4S. The highest BCUT2D eigenvalue weighted by Crippen LogP contribution is 2.14. The van der Waals surface area contributed by atoms with Gasteiger partial charge in [-0.3, -0.25) is 4.79 Å². The lowest BCUT2D eigenvalue weighted by Gasteiger charge is -2.15. The molecule has 0 saturated carbocycles. The second-order valence-electron chi connectivity index (χ2n) is 4.89. The van der Waals surface area contributed by atoms with Gasteiger partial charge >= 0.3 is 10.2 Å². The summed E-state index contributed by atoms with van der Waals surface area (Å²) in [7, 11) is -3.69. The lowest BCUT2D eigenvalue weighted by molar-refractivity contribution is -0.118. The van der Waals surface area contributed by atoms with Crippen LogP contribution >= 0.6 is 0 Å². The van der Waals surface area contributed by atoms with Crippen molar-refractivity contribution < 1.29 is 17.9 Å². The molecular weight excluding hydrogens is 292 g/mol. The van der Waals surface area contributed by atoms with Gasteiger partial charge in [-0.15, -0.1) is 0 Å². The van der Waals surface area contributed by atoms with E-state index in [2.05, 4.69) is 4.72 Å². The van der Waals surface area contributed by atoms with Gasteiger partial charge in [-0.1, -0.05) is 12.1 Å². The van der Waals surface area contributed by atoms with E-state index in [0.29, 0.717) is 19.7 Å². The average molecular weight is 312 g/mol. The molecule has 21 heavy (non-hydrogen) atoms. The van der Waals surface area contributed by atoms with Crippen molar-refractivity contribution in [2.75, 3.05) is 19.7 Å². The third-order valence-electron chi connectivity index (χ3n) is 3.25. The van der Waals surface area contributed by atoms with Crippen LogP contribution in [0.3, 0.4) is 0 Å². The number of amides is 1. The minimum atomic E-state index is -3.69. The van der Waals surface area contributed by atoms with E-state index < -0.39 is 16.1 Å². The van der Waals surface area contributed by atoms with Crippen LogP contribution in [-0.4, -0.2) is 38.3 Å². The maximum atomic E-state index is 11.9. The Morgan fingerprint density at radius 2 is 1.86 bits per heavy atom. The molecule has 1 saturated heterocycles. The maximum Gasteiger partial charge on any atom is 0.303 e. The minimum absolute atomic E-state index is 0.0273. The van der Waals surface area contributed by atoms with Gasteiger partial charge in [0.25, 0.3) is 0 Å². The Labute approximate surface area is 125 Å². The highest BCUT2D eigenvalue weighted by Gasteiger charge is 2.26. The molecule has 116 valence electrons. The monoisotopic (exact) mass is 312 g/mol. The quantitative estimate of drug-likeness (QED) is 0.853. The lowest BCUT2D eigenvalue weighted by Crippen LogP contribution is -2.42. The zero-order valence-corrected chi connectivity index (χ0v) is 12.9. The Morgan fingerprint density at radius 1 is 1.24 bits per heavy atom.